The normalized spacial score (nSPS) is 9.87. The average molecular weight is 240 g/mol. The van der Waals surface area contributed by atoms with Crippen molar-refractivity contribution >= 4 is 28.1 Å². The molecule has 0 amide bonds. The fraction of sp³-hybridized carbons (Fsp3) is 0.125. The van der Waals surface area contributed by atoms with Crippen LogP contribution < -0.4 is 5.32 Å². The number of nitrogens with one attached hydrogen (secondary N) is 2. The fourth-order valence-corrected chi connectivity index (χ4v) is 1.94. The highest BCUT2D eigenvalue weighted by molar-refractivity contribution is 7.16. The van der Waals surface area contributed by atoms with Crippen LogP contribution in [0.4, 0.5) is 5.13 Å². The molecule has 0 unspecified atom stereocenters. The van der Waals surface area contributed by atoms with E-state index in [1.807, 2.05) is 6.07 Å². The lowest BCUT2D eigenvalue weighted by atomic mass is 10.6. The zero-order chi connectivity index (χ0) is 10.7. The van der Waals surface area contributed by atoms with Gasteiger partial charge < -0.3 is 10.3 Å². The van der Waals surface area contributed by atoms with Crippen LogP contribution >= 0.6 is 22.9 Å². The van der Waals surface area contributed by atoms with E-state index in [1.54, 1.807) is 12.4 Å². The van der Waals surface area contributed by atoms with Crippen molar-refractivity contribution in [1.82, 2.24) is 15.0 Å². The maximum absolute atomic E-state index is 8.67. The van der Waals surface area contributed by atoms with E-state index in [0.717, 1.165) is 5.82 Å². The van der Waals surface area contributed by atoms with Gasteiger partial charge in [0.25, 0.3) is 0 Å². The van der Waals surface area contributed by atoms with Crippen molar-refractivity contribution in [2.24, 2.45) is 0 Å². The Morgan fingerprint density at radius 2 is 2.53 bits per heavy atom. The van der Waals surface area contributed by atoms with Crippen molar-refractivity contribution in [3.63, 3.8) is 0 Å². The number of H-pyrrole nitrogens is 1. The molecule has 0 saturated heterocycles. The number of halogens is 1. The first-order valence-electron chi connectivity index (χ1n) is 4.08. The number of nitrogens with zero attached hydrogens (tertiary/aromatic N) is 3. The zero-order valence-corrected chi connectivity index (χ0v) is 9.06. The first kappa shape index (κ1) is 9.96. The Hall–Kier alpha value is -1.58. The molecule has 15 heavy (non-hydrogen) atoms. The molecule has 2 heterocycles. The maximum Gasteiger partial charge on any atom is 0.185 e. The van der Waals surface area contributed by atoms with Gasteiger partial charge in [-0.3, -0.25) is 0 Å². The van der Waals surface area contributed by atoms with Gasteiger partial charge in [-0.2, -0.15) is 5.26 Å². The minimum Gasteiger partial charge on any atom is -0.354 e. The van der Waals surface area contributed by atoms with Gasteiger partial charge in [0, 0.05) is 12.4 Å². The topological polar surface area (TPSA) is 77.4 Å². The minimum absolute atomic E-state index is 0.240. The molecule has 0 aliphatic carbocycles. The van der Waals surface area contributed by atoms with Gasteiger partial charge >= 0.3 is 0 Å². The molecule has 7 heteroatoms. The number of thiazole rings is 1. The van der Waals surface area contributed by atoms with Crippen molar-refractivity contribution < 1.29 is 0 Å². The molecule has 0 atom stereocenters. The highest BCUT2D eigenvalue weighted by Gasteiger charge is 2.08. The molecule has 0 bridgehead atoms. The van der Waals surface area contributed by atoms with Gasteiger partial charge in [0.05, 0.1) is 6.54 Å². The summed E-state index contributed by atoms with van der Waals surface area (Å²) in [5.41, 5.74) is 0. The fourth-order valence-electron chi connectivity index (χ4n) is 1.00. The van der Waals surface area contributed by atoms with E-state index >= 15 is 0 Å². The second-order valence-electron chi connectivity index (χ2n) is 2.64. The lowest BCUT2D eigenvalue weighted by molar-refractivity contribution is 0.996. The highest BCUT2D eigenvalue weighted by atomic mass is 35.5. The molecule has 2 rings (SSSR count). The van der Waals surface area contributed by atoms with Crippen LogP contribution in [0.25, 0.3) is 0 Å². The summed E-state index contributed by atoms with van der Waals surface area (Å²) in [6.45, 7) is 0.529. The van der Waals surface area contributed by atoms with E-state index in [1.165, 1.54) is 11.3 Å². The van der Waals surface area contributed by atoms with Crippen molar-refractivity contribution in [3.05, 3.63) is 28.2 Å². The lowest BCUT2D eigenvalue weighted by Crippen LogP contribution is -2.00. The molecule has 0 aliphatic heterocycles. The molecule has 76 valence electrons. The third kappa shape index (κ3) is 2.26. The molecule has 0 aromatic carbocycles. The van der Waals surface area contributed by atoms with E-state index in [2.05, 4.69) is 20.3 Å². The molecule has 2 aromatic heterocycles. The Balaban J connectivity index is 2.03. The van der Waals surface area contributed by atoms with Crippen LogP contribution in [0.2, 0.25) is 5.15 Å². The number of aromatic amines is 1. The van der Waals surface area contributed by atoms with Crippen LogP contribution in [0.5, 0.6) is 0 Å². The van der Waals surface area contributed by atoms with E-state index in [0.29, 0.717) is 16.6 Å². The summed E-state index contributed by atoms with van der Waals surface area (Å²) in [6.07, 6.45) is 3.42. The zero-order valence-electron chi connectivity index (χ0n) is 7.49. The predicted molar refractivity (Wildman–Crippen MR) is 57.8 cm³/mol. The Labute approximate surface area is 94.8 Å². The van der Waals surface area contributed by atoms with E-state index < -0.39 is 0 Å². The molecule has 0 radical (unpaired) electrons. The van der Waals surface area contributed by atoms with Crippen LogP contribution in [0, 0.1) is 11.3 Å². The summed E-state index contributed by atoms with van der Waals surface area (Å²) < 4.78 is 0. The largest absolute Gasteiger partial charge is 0.354 e. The molecular formula is C8H6ClN5S. The second kappa shape index (κ2) is 4.29. The molecule has 0 fully saturated rings. The molecular weight excluding hydrogens is 234 g/mol. The number of nitriles is 1. The summed E-state index contributed by atoms with van der Waals surface area (Å²) in [7, 11) is 0. The summed E-state index contributed by atoms with van der Waals surface area (Å²) in [5.74, 6) is 0.805. The number of imidazole rings is 1. The van der Waals surface area contributed by atoms with Gasteiger partial charge in [0.1, 0.15) is 16.8 Å². The number of anilines is 1. The Bertz CT molecular complexity index is 484. The third-order valence-corrected chi connectivity index (χ3v) is 2.95. The van der Waals surface area contributed by atoms with Gasteiger partial charge in [-0.25, -0.2) is 9.97 Å². The lowest BCUT2D eigenvalue weighted by Gasteiger charge is -1.97. The van der Waals surface area contributed by atoms with Gasteiger partial charge in [-0.1, -0.05) is 22.9 Å². The number of hydrogen-bond acceptors (Lipinski definition) is 5. The van der Waals surface area contributed by atoms with Crippen molar-refractivity contribution in [2.75, 3.05) is 5.32 Å². The minimum atomic E-state index is 0.240. The highest BCUT2D eigenvalue weighted by Crippen LogP contribution is 2.25. The quantitative estimate of drug-likeness (QED) is 0.859. The summed E-state index contributed by atoms with van der Waals surface area (Å²) in [6, 6.07) is 1.97. The van der Waals surface area contributed by atoms with Crippen LogP contribution in [-0.2, 0) is 6.54 Å². The number of hydrogen-bond donors (Lipinski definition) is 2. The molecule has 5 nitrogen and oxygen atoms in total. The number of aromatic nitrogens is 3. The predicted octanol–water partition coefficient (Wildman–Crippen LogP) is 2.00. The number of rotatable bonds is 3. The van der Waals surface area contributed by atoms with Crippen LogP contribution in [0.3, 0.4) is 0 Å². The van der Waals surface area contributed by atoms with Crippen molar-refractivity contribution in [3.8, 4) is 6.07 Å². The monoisotopic (exact) mass is 239 g/mol. The van der Waals surface area contributed by atoms with Crippen LogP contribution in [0.15, 0.2) is 12.4 Å². The van der Waals surface area contributed by atoms with Gasteiger partial charge in [0.2, 0.25) is 0 Å². The summed E-state index contributed by atoms with van der Waals surface area (Å²) in [5, 5.41) is 12.6. The molecule has 0 aliphatic rings. The molecule has 2 aromatic rings. The Morgan fingerprint density at radius 3 is 3.13 bits per heavy atom. The van der Waals surface area contributed by atoms with Crippen LogP contribution in [0.1, 0.15) is 10.7 Å². The Morgan fingerprint density at radius 1 is 1.67 bits per heavy atom. The SMILES string of the molecule is N#Cc1sc(NCc2ncc[nH]2)nc1Cl. The van der Waals surface area contributed by atoms with Crippen LogP contribution in [-0.4, -0.2) is 15.0 Å². The van der Waals surface area contributed by atoms with Crippen molar-refractivity contribution in [2.45, 2.75) is 6.54 Å². The first-order valence-corrected chi connectivity index (χ1v) is 5.27. The first-order chi connectivity index (χ1) is 7.29. The van der Waals surface area contributed by atoms with E-state index in [9.17, 15) is 0 Å². The van der Waals surface area contributed by atoms with Gasteiger partial charge in [-0.15, -0.1) is 0 Å². The van der Waals surface area contributed by atoms with Gasteiger partial charge in [-0.05, 0) is 0 Å². The molecule has 0 saturated carbocycles. The molecule has 0 spiro atoms. The van der Waals surface area contributed by atoms with Gasteiger partial charge in [0.15, 0.2) is 10.3 Å². The maximum atomic E-state index is 8.67. The summed E-state index contributed by atoms with van der Waals surface area (Å²) in [4.78, 5) is 11.4. The van der Waals surface area contributed by atoms with E-state index in [4.69, 9.17) is 16.9 Å². The Kier molecular flexibility index (Phi) is 2.85. The summed E-state index contributed by atoms with van der Waals surface area (Å²) >= 11 is 6.94. The molecule has 2 N–H and O–H groups in total. The average Bonchev–Trinajstić information content (AvgIpc) is 2.83. The second-order valence-corrected chi connectivity index (χ2v) is 4.00. The van der Waals surface area contributed by atoms with Crippen molar-refractivity contribution in [1.29, 1.82) is 5.26 Å². The van der Waals surface area contributed by atoms with E-state index in [-0.39, 0.29) is 5.15 Å². The third-order valence-electron chi connectivity index (χ3n) is 1.65. The standard InChI is InChI=1S/C8H6ClN5S/c9-7-5(3-10)15-8(14-7)13-4-6-11-1-2-12-6/h1-2H,4H2,(H,11,12)(H,13,14). The smallest absolute Gasteiger partial charge is 0.185 e.